The van der Waals surface area contributed by atoms with Crippen LogP contribution in [0.15, 0.2) is 24.3 Å². The van der Waals surface area contributed by atoms with E-state index in [1.807, 2.05) is 6.07 Å². The van der Waals surface area contributed by atoms with Crippen LogP contribution in [0.1, 0.15) is 24.5 Å². The molecule has 1 aromatic carbocycles. The minimum absolute atomic E-state index is 0.0683. The predicted octanol–water partition coefficient (Wildman–Crippen LogP) is 2.32. The molecule has 1 aromatic rings. The molecule has 0 heterocycles. The highest BCUT2D eigenvalue weighted by atomic mass is 32.2. The summed E-state index contributed by atoms with van der Waals surface area (Å²) in [4.78, 5) is 0. The Morgan fingerprint density at radius 2 is 1.87 bits per heavy atom. The van der Waals surface area contributed by atoms with Gasteiger partial charge in [0.25, 0.3) is 10.2 Å². The van der Waals surface area contributed by atoms with Crippen LogP contribution < -0.4 is 4.72 Å². The normalized spacial score (nSPS) is 13.8. The molecule has 1 atom stereocenters. The van der Waals surface area contributed by atoms with Crippen molar-refractivity contribution in [2.75, 3.05) is 13.6 Å². The highest BCUT2D eigenvalue weighted by Crippen LogP contribution is 2.29. The van der Waals surface area contributed by atoms with Crippen molar-refractivity contribution in [3.8, 4) is 6.07 Å². The molecule has 1 rings (SSSR count). The third-order valence-electron chi connectivity index (χ3n) is 3.12. The first-order valence-electron chi connectivity index (χ1n) is 6.83. The summed E-state index contributed by atoms with van der Waals surface area (Å²) in [5, 5.41) is 8.47. The minimum atomic E-state index is -4.39. The van der Waals surface area contributed by atoms with Gasteiger partial charge in [0.05, 0.1) is 11.6 Å². The third kappa shape index (κ3) is 6.17. The van der Waals surface area contributed by atoms with E-state index >= 15 is 0 Å². The van der Waals surface area contributed by atoms with Gasteiger partial charge in [-0.25, -0.2) is 0 Å². The number of rotatable bonds is 7. The van der Waals surface area contributed by atoms with Crippen molar-refractivity contribution in [3.05, 3.63) is 35.4 Å². The number of benzene rings is 1. The summed E-state index contributed by atoms with van der Waals surface area (Å²) in [7, 11) is -2.38. The first-order valence-corrected chi connectivity index (χ1v) is 8.27. The predicted molar refractivity (Wildman–Crippen MR) is 79.5 cm³/mol. The van der Waals surface area contributed by atoms with E-state index in [9.17, 15) is 21.6 Å². The zero-order valence-corrected chi connectivity index (χ0v) is 13.6. The Morgan fingerprint density at radius 1 is 1.30 bits per heavy atom. The molecule has 0 aromatic heterocycles. The fourth-order valence-electron chi connectivity index (χ4n) is 1.90. The average Bonchev–Trinajstić information content (AvgIpc) is 2.43. The zero-order chi connectivity index (χ0) is 17.7. The fraction of sp³-hybridized carbons (Fsp3) is 0.500. The lowest BCUT2D eigenvalue weighted by molar-refractivity contribution is -0.137. The van der Waals surface area contributed by atoms with Gasteiger partial charge in [0, 0.05) is 26.1 Å². The van der Waals surface area contributed by atoms with Crippen LogP contribution in [0.5, 0.6) is 0 Å². The lowest BCUT2D eigenvalue weighted by Gasteiger charge is -2.20. The summed E-state index contributed by atoms with van der Waals surface area (Å²) in [6.07, 6.45) is -4.07. The largest absolute Gasteiger partial charge is 0.416 e. The number of alkyl halides is 3. The van der Waals surface area contributed by atoms with Crippen LogP contribution >= 0.6 is 0 Å². The number of nitrogens with one attached hydrogen (secondary N) is 1. The van der Waals surface area contributed by atoms with E-state index in [-0.39, 0.29) is 19.4 Å². The van der Waals surface area contributed by atoms with Gasteiger partial charge < -0.3 is 0 Å². The molecule has 0 bridgehead atoms. The van der Waals surface area contributed by atoms with Gasteiger partial charge in [0.2, 0.25) is 0 Å². The smallest absolute Gasteiger partial charge is 0.199 e. The summed E-state index contributed by atoms with van der Waals surface area (Å²) in [5.74, 6) is 0. The van der Waals surface area contributed by atoms with Crippen molar-refractivity contribution in [2.24, 2.45) is 0 Å². The molecule has 0 aliphatic carbocycles. The molecule has 0 aliphatic heterocycles. The maximum absolute atomic E-state index is 12.5. The lowest BCUT2D eigenvalue weighted by Crippen LogP contribution is -2.43. The molecule has 5 nitrogen and oxygen atoms in total. The van der Waals surface area contributed by atoms with Crippen LogP contribution in [0, 0.1) is 11.3 Å². The van der Waals surface area contributed by atoms with Crippen molar-refractivity contribution >= 4 is 10.2 Å². The van der Waals surface area contributed by atoms with E-state index in [1.54, 1.807) is 6.92 Å². The summed E-state index contributed by atoms with van der Waals surface area (Å²) in [5.41, 5.74) is -0.154. The van der Waals surface area contributed by atoms with Gasteiger partial charge in [-0.1, -0.05) is 12.1 Å². The Bertz CT molecular complexity index is 651. The van der Waals surface area contributed by atoms with Crippen LogP contribution in [0.4, 0.5) is 13.2 Å². The van der Waals surface area contributed by atoms with E-state index in [0.717, 1.165) is 16.4 Å². The molecule has 0 saturated carbocycles. The fourth-order valence-corrected chi connectivity index (χ4v) is 3.00. The molecule has 128 valence electrons. The van der Waals surface area contributed by atoms with E-state index in [0.29, 0.717) is 5.56 Å². The molecule has 0 spiro atoms. The quantitative estimate of drug-likeness (QED) is 0.821. The van der Waals surface area contributed by atoms with Gasteiger partial charge in [0.15, 0.2) is 0 Å². The number of nitrogens with zero attached hydrogens (tertiary/aromatic N) is 2. The monoisotopic (exact) mass is 349 g/mol. The van der Waals surface area contributed by atoms with Crippen LogP contribution in [0.3, 0.4) is 0 Å². The van der Waals surface area contributed by atoms with Gasteiger partial charge in [-0.15, -0.1) is 0 Å². The molecule has 0 aliphatic rings. The van der Waals surface area contributed by atoms with Crippen LogP contribution in [-0.4, -0.2) is 32.4 Å². The summed E-state index contributed by atoms with van der Waals surface area (Å²) in [6.45, 7) is 1.69. The molecule has 1 N–H and O–H groups in total. The number of hydrogen-bond donors (Lipinski definition) is 1. The zero-order valence-electron chi connectivity index (χ0n) is 12.8. The van der Waals surface area contributed by atoms with Crippen LogP contribution in [0.25, 0.3) is 0 Å². The molecule has 0 saturated heterocycles. The Morgan fingerprint density at radius 3 is 2.35 bits per heavy atom. The van der Waals surface area contributed by atoms with E-state index < -0.39 is 28.0 Å². The molecule has 9 heteroatoms. The molecule has 1 unspecified atom stereocenters. The third-order valence-corrected chi connectivity index (χ3v) is 4.83. The van der Waals surface area contributed by atoms with E-state index in [1.165, 1.54) is 19.2 Å². The minimum Gasteiger partial charge on any atom is -0.199 e. The Kier molecular flexibility index (Phi) is 6.56. The van der Waals surface area contributed by atoms with Gasteiger partial charge in [-0.2, -0.15) is 35.9 Å². The molecular formula is C14H18F3N3O2S. The van der Waals surface area contributed by atoms with Gasteiger partial charge in [-0.05, 0) is 31.0 Å². The summed E-state index contributed by atoms with van der Waals surface area (Å²) in [6, 6.07) is 5.95. The van der Waals surface area contributed by atoms with Gasteiger partial charge in [-0.3, -0.25) is 0 Å². The van der Waals surface area contributed by atoms with Crippen molar-refractivity contribution < 1.29 is 21.6 Å². The summed E-state index contributed by atoms with van der Waals surface area (Å²) < 4.78 is 64.8. The topological polar surface area (TPSA) is 73.2 Å². The first-order chi connectivity index (χ1) is 10.6. The second kappa shape index (κ2) is 7.77. The van der Waals surface area contributed by atoms with Crippen molar-refractivity contribution in [2.45, 2.75) is 32.0 Å². The highest BCUT2D eigenvalue weighted by molar-refractivity contribution is 7.87. The Hall–Kier alpha value is -1.63. The average molecular weight is 349 g/mol. The van der Waals surface area contributed by atoms with Gasteiger partial charge >= 0.3 is 6.18 Å². The molecular weight excluding hydrogens is 331 g/mol. The maximum atomic E-state index is 12.5. The van der Waals surface area contributed by atoms with Crippen molar-refractivity contribution in [3.63, 3.8) is 0 Å². The second-order valence-corrected chi connectivity index (χ2v) is 6.96. The Balaban J connectivity index is 2.66. The SMILES string of the molecule is CC(Cc1ccc(C(F)(F)F)cc1)NS(=O)(=O)N(C)CCC#N. The van der Waals surface area contributed by atoms with Crippen LogP contribution in [-0.2, 0) is 22.8 Å². The van der Waals surface area contributed by atoms with Crippen molar-refractivity contribution in [1.82, 2.24) is 9.03 Å². The molecule has 23 heavy (non-hydrogen) atoms. The molecule has 0 radical (unpaired) electrons. The number of halogens is 3. The Labute approximate surface area is 133 Å². The van der Waals surface area contributed by atoms with Crippen LogP contribution in [0.2, 0.25) is 0 Å². The van der Waals surface area contributed by atoms with Crippen molar-refractivity contribution in [1.29, 1.82) is 5.26 Å². The first kappa shape index (κ1) is 19.4. The van der Waals surface area contributed by atoms with E-state index in [4.69, 9.17) is 5.26 Å². The maximum Gasteiger partial charge on any atom is 0.416 e. The standard InChI is InChI=1S/C14H18F3N3O2S/c1-11(19-23(21,22)20(2)9-3-8-18)10-12-4-6-13(7-5-12)14(15,16)17/h4-7,11,19H,3,9-10H2,1-2H3. The lowest BCUT2D eigenvalue weighted by atomic mass is 10.1. The number of hydrogen-bond acceptors (Lipinski definition) is 3. The molecule has 0 fully saturated rings. The molecule has 0 amide bonds. The van der Waals surface area contributed by atoms with Gasteiger partial charge in [0.1, 0.15) is 0 Å². The second-order valence-electron chi connectivity index (χ2n) is 5.15. The number of nitriles is 1. The highest BCUT2D eigenvalue weighted by Gasteiger charge is 2.30. The summed E-state index contributed by atoms with van der Waals surface area (Å²) >= 11 is 0. The van der Waals surface area contributed by atoms with E-state index in [2.05, 4.69) is 4.72 Å².